The van der Waals surface area contributed by atoms with Crippen LogP contribution in [-0.2, 0) is 0 Å². The molecule has 0 aliphatic carbocycles. The molecule has 116 valence electrons. The van der Waals surface area contributed by atoms with E-state index in [2.05, 4.69) is 5.32 Å². The third-order valence-electron chi connectivity index (χ3n) is 2.60. The number of hydrogen-bond acceptors (Lipinski definition) is 4. The van der Waals surface area contributed by atoms with Crippen LogP contribution in [0.2, 0.25) is 0 Å². The number of halogens is 1. The monoisotopic (exact) mass is 305 g/mol. The van der Waals surface area contributed by atoms with E-state index in [-0.39, 0.29) is 11.8 Å². The fourth-order valence-corrected chi connectivity index (χ4v) is 1.74. The average Bonchev–Trinajstić information content (AvgIpc) is 2.36. The lowest BCUT2D eigenvalue weighted by Gasteiger charge is -2.19. The zero-order valence-electron chi connectivity index (χ0n) is 12.5. The van der Waals surface area contributed by atoms with Crippen LogP contribution in [0.25, 0.3) is 11.1 Å². The molecule has 6 heteroatoms. The molecule has 0 radical (unpaired) electrons. The molecule has 0 atom stereocenters. The summed E-state index contributed by atoms with van der Waals surface area (Å²) in [5, 5.41) is 2.58. The molecule has 0 spiro atoms. The second-order valence-electron chi connectivity index (χ2n) is 5.76. The van der Waals surface area contributed by atoms with Crippen molar-refractivity contribution in [1.82, 2.24) is 5.32 Å². The lowest BCUT2D eigenvalue weighted by Crippen LogP contribution is -2.42. The summed E-state index contributed by atoms with van der Waals surface area (Å²) in [6.45, 7) is 5.37. The first-order chi connectivity index (χ1) is 10.2. The molecule has 0 saturated carbocycles. The second kappa shape index (κ2) is 6.01. The van der Waals surface area contributed by atoms with Crippen molar-refractivity contribution in [2.75, 3.05) is 0 Å². The van der Waals surface area contributed by atoms with Crippen LogP contribution in [0.3, 0.4) is 0 Å². The van der Waals surface area contributed by atoms with E-state index < -0.39 is 17.3 Å². The molecule has 2 aromatic rings. The number of carbonyl (C=O) groups excluding carboxylic acids is 1. The van der Waals surface area contributed by atoms with Crippen LogP contribution in [-0.4, -0.2) is 11.6 Å². The molecule has 22 heavy (non-hydrogen) atoms. The molecule has 0 saturated heterocycles. The van der Waals surface area contributed by atoms with E-state index in [0.29, 0.717) is 11.1 Å². The number of amides is 1. The Morgan fingerprint density at radius 1 is 1.14 bits per heavy atom. The molecule has 5 nitrogen and oxygen atoms in total. The Balaban J connectivity index is 2.25. The van der Waals surface area contributed by atoms with Gasteiger partial charge in [0, 0.05) is 17.7 Å². The standard InChI is InChI=1S/C16H16FNO4/c1-16(2,3)18-15(20)22-14-9-11(8-13(19)21-14)10-4-6-12(17)7-5-10/h4-9H,1-3H3,(H,18,20). The van der Waals surface area contributed by atoms with E-state index in [9.17, 15) is 14.0 Å². The van der Waals surface area contributed by atoms with Crippen LogP contribution >= 0.6 is 0 Å². The van der Waals surface area contributed by atoms with Crippen molar-refractivity contribution >= 4 is 6.09 Å². The third-order valence-corrected chi connectivity index (χ3v) is 2.60. The summed E-state index contributed by atoms with van der Waals surface area (Å²) < 4.78 is 22.7. The fourth-order valence-electron chi connectivity index (χ4n) is 1.74. The lowest BCUT2D eigenvalue weighted by molar-refractivity contribution is 0.175. The summed E-state index contributed by atoms with van der Waals surface area (Å²) in [6.07, 6.45) is -0.730. The Hall–Kier alpha value is -2.63. The van der Waals surface area contributed by atoms with Gasteiger partial charge in [-0.05, 0) is 44.0 Å². The van der Waals surface area contributed by atoms with E-state index in [1.165, 1.54) is 36.4 Å². The minimum absolute atomic E-state index is 0.228. The number of nitrogens with one attached hydrogen (secondary N) is 1. The first kappa shape index (κ1) is 15.8. The van der Waals surface area contributed by atoms with Gasteiger partial charge in [0.15, 0.2) is 0 Å². The molecular weight excluding hydrogens is 289 g/mol. The van der Waals surface area contributed by atoms with Gasteiger partial charge in [-0.15, -0.1) is 0 Å². The Labute approximate surface area is 126 Å². The number of ether oxygens (including phenoxy) is 1. The van der Waals surface area contributed by atoms with Crippen LogP contribution in [0.4, 0.5) is 9.18 Å². The molecule has 0 unspecified atom stereocenters. The molecule has 2 rings (SSSR count). The van der Waals surface area contributed by atoms with Gasteiger partial charge in [-0.3, -0.25) is 0 Å². The molecule has 1 aromatic carbocycles. The van der Waals surface area contributed by atoms with E-state index in [4.69, 9.17) is 9.15 Å². The quantitative estimate of drug-likeness (QED) is 0.924. The predicted octanol–water partition coefficient (Wildman–Crippen LogP) is 3.33. The lowest BCUT2D eigenvalue weighted by atomic mass is 10.1. The fraction of sp³-hybridized carbons (Fsp3) is 0.250. The Bertz CT molecular complexity index is 729. The minimum atomic E-state index is -0.730. The highest BCUT2D eigenvalue weighted by Gasteiger charge is 2.16. The first-order valence-corrected chi connectivity index (χ1v) is 6.64. The average molecular weight is 305 g/mol. The number of rotatable bonds is 2. The van der Waals surface area contributed by atoms with Crippen molar-refractivity contribution in [2.45, 2.75) is 26.3 Å². The highest BCUT2D eigenvalue weighted by Crippen LogP contribution is 2.22. The summed E-state index contributed by atoms with van der Waals surface area (Å²) >= 11 is 0. The normalized spacial score (nSPS) is 11.1. The maximum atomic E-state index is 12.9. The summed E-state index contributed by atoms with van der Waals surface area (Å²) in [7, 11) is 0. The summed E-state index contributed by atoms with van der Waals surface area (Å²) in [5.74, 6) is -0.610. The van der Waals surface area contributed by atoms with Crippen LogP contribution in [0, 0.1) is 5.82 Å². The van der Waals surface area contributed by atoms with Gasteiger partial charge in [0.1, 0.15) is 5.82 Å². The van der Waals surface area contributed by atoms with Crippen molar-refractivity contribution in [3.63, 3.8) is 0 Å². The predicted molar refractivity (Wildman–Crippen MR) is 79.3 cm³/mol. The molecule has 0 bridgehead atoms. The van der Waals surface area contributed by atoms with Crippen molar-refractivity contribution in [2.24, 2.45) is 0 Å². The smallest absolute Gasteiger partial charge is 0.389 e. The topological polar surface area (TPSA) is 68.5 Å². The summed E-state index contributed by atoms with van der Waals surface area (Å²) in [5.41, 5.74) is -0.0723. The number of carbonyl (C=O) groups is 1. The van der Waals surface area contributed by atoms with Gasteiger partial charge in [0.25, 0.3) is 5.95 Å². The maximum Gasteiger partial charge on any atom is 0.415 e. The molecule has 0 aliphatic rings. The summed E-state index contributed by atoms with van der Waals surface area (Å²) in [6, 6.07) is 8.22. The van der Waals surface area contributed by atoms with Crippen molar-refractivity contribution in [3.8, 4) is 17.1 Å². The van der Waals surface area contributed by atoms with Crippen LogP contribution in [0.5, 0.6) is 5.95 Å². The van der Waals surface area contributed by atoms with E-state index in [0.717, 1.165) is 0 Å². The number of hydrogen-bond donors (Lipinski definition) is 1. The SMILES string of the molecule is CC(C)(C)NC(=O)Oc1cc(-c2ccc(F)cc2)cc(=O)o1. The van der Waals surface area contributed by atoms with Crippen LogP contribution < -0.4 is 15.7 Å². The molecule has 0 aliphatic heterocycles. The first-order valence-electron chi connectivity index (χ1n) is 6.64. The van der Waals surface area contributed by atoms with Gasteiger partial charge in [0.05, 0.1) is 0 Å². The highest BCUT2D eigenvalue weighted by molar-refractivity contribution is 5.71. The largest absolute Gasteiger partial charge is 0.415 e. The molecule has 1 heterocycles. The van der Waals surface area contributed by atoms with Gasteiger partial charge in [-0.25, -0.2) is 14.0 Å². The van der Waals surface area contributed by atoms with Crippen LogP contribution in [0.1, 0.15) is 20.8 Å². The van der Waals surface area contributed by atoms with Crippen molar-refractivity contribution in [3.05, 3.63) is 52.6 Å². The molecule has 1 aromatic heterocycles. The zero-order valence-corrected chi connectivity index (χ0v) is 12.5. The number of benzene rings is 1. The Morgan fingerprint density at radius 3 is 2.36 bits per heavy atom. The Kier molecular flexibility index (Phi) is 4.30. The van der Waals surface area contributed by atoms with Gasteiger partial charge in [-0.1, -0.05) is 12.1 Å². The third kappa shape index (κ3) is 4.44. The minimum Gasteiger partial charge on any atom is -0.389 e. The van der Waals surface area contributed by atoms with E-state index in [1.807, 2.05) is 0 Å². The van der Waals surface area contributed by atoms with Gasteiger partial charge in [-0.2, -0.15) is 0 Å². The zero-order chi connectivity index (χ0) is 16.3. The molecule has 1 amide bonds. The highest BCUT2D eigenvalue weighted by atomic mass is 19.1. The van der Waals surface area contributed by atoms with Crippen molar-refractivity contribution < 1.29 is 18.3 Å². The maximum absolute atomic E-state index is 12.9. The van der Waals surface area contributed by atoms with Gasteiger partial charge < -0.3 is 14.5 Å². The van der Waals surface area contributed by atoms with Gasteiger partial charge in [0.2, 0.25) is 0 Å². The molecular formula is C16H16FNO4. The van der Waals surface area contributed by atoms with Crippen molar-refractivity contribution in [1.29, 1.82) is 0 Å². The van der Waals surface area contributed by atoms with E-state index in [1.54, 1.807) is 20.8 Å². The molecule has 1 N–H and O–H groups in total. The second-order valence-corrected chi connectivity index (χ2v) is 5.76. The molecule has 0 fully saturated rings. The van der Waals surface area contributed by atoms with Gasteiger partial charge >= 0.3 is 11.7 Å². The van der Waals surface area contributed by atoms with Crippen LogP contribution in [0.15, 0.2) is 45.6 Å². The Morgan fingerprint density at radius 2 is 1.77 bits per heavy atom. The van der Waals surface area contributed by atoms with E-state index >= 15 is 0 Å². The summed E-state index contributed by atoms with van der Waals surface area (Å²) in [4.78, 5) is 23.3.